The number of amides is 2. The summed E-state index contributed by atoms with van der Waals surface area (Å²) in [5.74, 6) is 0.773. The molecule has 1 aliphatic heterocycles. The van der Waals surface area contributed by atoms with E-state index < -0.39 is 5.97 Å². The third kappa shape index (κ3) is 5.32. The van der Waals surface area contributed by atoms with E-state index in [0.717, 1.165) is 42.5 Å². The summed E-state index contributed by atoms with van der Waals surface area (Å²) >= 11 is 0. The number of carboxylic acid groups (broad SMARTS) is 1. The number of ether oxygens (including phenoxy) is 1. The van der Waals surface area contributed by atoms with E-state index in [-0.39, 0.29) is 18.6 Å². The highest BCUT2D eigenvalue weighted by Gasteiger charge is 2.28. The lowest BCUT2D eigenvalue weighted by atomic mass is 9.77. The molecule has 1 aromatic heterocycles. The average molecular weight is 487 g/mol. The Kier molecular flexibility index (Phi) is 6.84. The number of anilines is 2. The van der Waals surface area contributed by atoms with E-state index >= 15 is 0 Å². The van der Waals surface area contributed by atoms with E-state index in [4.69, 9.17) is 9.84 Å². The number of aliphatic carboxylic acids is 1. The Balaban J connectivity index is 1.29. The Bertz CT molecular complexity index is 1220. The minimum atomic E-state index is -0.693. The molecule has 1 atom stereocenters. The molecular weight excluding hydrogens is 456 g/mol. The molecule has 0 bridgehead atoms. The first-order valence-corrected chi connectivity index (χ1v) is 12.4. The van der Waals surface area contributed by atoms with Crippen molar-refractivity contribution in [3.63, 3.8) is 0 Å². The molecular formula is C28H30N4O4. The fourth-order valence-electron chi connectivity index (χ4n) is 5.26. The number of nitrogens with zero attached hydrogens (tertiary/aromatic N) is 3. The van der Waals surface area contributed by atoms with Gasteiger partial charge in [-0.05, 0) is 79.3 Å². The Morgan fingerprint density at radius 1 is 1.03 bits per heavy atom. The van der Waals surface area contributed by atoms with Crippen molar-refractivity contribution >= 4 is 23.4 Å². The van der Waals surface area contributed by atoms with E-state index in [1.165, 1.54) is 18.0 Å². The van der Waals surface area contributed by atoms with Crippen LogP contribution in [0.3, 0.4) is 0 Å². The highest BCUT2D eigenvalue weighted by molar-refractivity contribution is 6.03. The third-order valence-corrected chi connectivity index (χ3v) is 7.12. The number of carbonyl (C=O) groups excluding carboxylic acids is 1. The highest BCUT2D eigenvalue weighted by atomic mass is 16.5. The van der Waals surface area contributed by atoms with Crippen LogP contribution in [0.2, 0.25) is 0 Å². The molecule has 5 rings (SSSR count). The molecule has 1 fully saturated rings. The Morgan fingerprint density at radius 2 is 1.78 bits per heavy atom. The van der Waals surface area contributed by atoms with Crippen LogP contribution in [-0.4, -0.2) is 40.0 Å². The summed E-state index contributed by atoms with van der Waals surface area (Å²) in [6, 6.07) is 16.0. The normalized spacial score (nSPS) is 21.2. The van der Waals surface area contributed by atoms with Crippen molar-refractivity contribution in [2.45, 2.75) is 51.0 Å². The van der Waals surface area contributed by atoms with Gasteiger partial charge in [0.1, 0.15) is 11.9 Å². The second-order valence-corrected chi connectivity index (χ2v) is 9.72. The zero-order valence-electron chi connectivity index (χ0n) is 20.3. The number of carboxylic acids is 1. The number of carbonyl (C=O) groups is 2. The monoisotopic (exact) mass is 486 g/mol. The second-order valence-electron chi connectivity index (χ2n) is 9.72. The van der Waals surface area contributed by atoms with Gasteiger partial charge in [-0.1, -0.05) is 30.3 Å². The summed E-state index contributed by atoms with van der Waals surface area (Å²) in [6.07, 6.45) is 7.20. The van der Waals surface area contributed by atoms with E-state index in [1.54, 1.807) is 11.0 Å². The summed E-state index contributed by atoms with van der Waals surface area (Å²) < 4.78 is 6.10. The van der Waals surface area contributed by atoms with Gasteiger partial charge in [0.25, 0.3) is 0 Å². The Labute approximate surface area is 210 Å². The maximum absolute atomic E-state index is 13.0. The predicted octanol–water partition coefficient (Wildman–Crippen LogP) is 5.71. The molecule has 1 unspecified atom stereocenters. The molecule has 2 N–H and O–H groups in total. The van der Waals surface area contributed by atoms with Crippen molar-refractivity contribution in [3.8, 4) is 16.9 Å². The standard InChI is InChI=1S/C28H30N4O4/c1-18-17-32(28(35)31-24-12-13-29-30-16-24)25-11-10-23(15-26(25)36-18)22-8-6-21(7-9-22)20-4-2-19(3-5-20)14-27(33)34/h6-13,15-16,18-20H,2-5,14,17H2,1H3,(H,33,34)(H,29,31,35)/t18?,19-,20-. The largest absolute Gasteiger partial charge is 0.487 e. The van der Waals surface area contributed by atoms with Crippen LogP contribution in [0.1, 0.15) is 50.5 Å². The first-order chi connectivity index (χ1) is 17.5. The maximum atomic E-state index is 13.0. The Morgan fingerprint density at radius 3 is 2.47 bits per heavy atom. The molecule has 2 aromatic carbocycles. The van der Waals surface area contributed by atoms with Gasteiger partial charge in [0.2, 0.25) is 0 Å². The van der Waals surface area contributed by atoms with Gasteiger partial charge in [-0.15, -0.1) is 0 Å². The molecule has 1 saturated carbocycles. The number of hydrogen-bond donors (Lipinski definition) is 2. The van der Waals surface area contributed by atoms with Crippen molar-refractivity contribution in [1.82, 2.24) is 10.2 Å². The highest BCUT2D eigenvalue weighted by Crippen LogP contribution is 2.40. The minimum Gasteiger partial charge on any atom is -0.487 e. The molecule has 0 saturated heterocycles. The van der Waals surface area contributed by atoms with Gasteiger partial charge in [-0.2, -0.15) is 10.2 Å². The SMILES string of the molecule is CC1CN(C(=O)Nc2ccnnc2)c2ccc(-c3ccc([C@H]4CC[C@H](CC(=O)O)CC4)cc3)cc2O1. The van der Waals surface area contributed by atoms with Crippen LogP contribution in [0.5, 0.6) is 5.75 Å². The van der Waals surface area contributed by atoms with Gasteiger partial charge < -0.3 is 15.2 Å². The third-order valence-electron chi connectivity index (χ3n) is 7.12. The van der Waals surface area contributed by atoms with Crippen molar-refractivity contribution in [2.24, 2.45) is 5.92 Å². The molecule has 36 heavy (non-hydrogen) atoms. The molecule has 186 valence electrons. The number of nitrogens with one attached hydrogen (secondary N) is 1. The predicted molar refractivity (Wildman–Crippen MR) is 137 cm³/mol. The number of fused-ring (bicyclic) bond motifs is 1. The molecule has 1 aliphatic carbocycles. The van der Waals surface area contributed by atoms with Crippen LogP contribution < -0.4 is 15.0 Å². The molecule has 8 nitrogen and oxygen atoms in total. The zero-order valence-corrected chi connectivity index (χ0v) is 20.3. The number of urea groups is 1. The number of rotatable bonds is 5. The lowest BCUT2D eigenvalue weighted by Gasteiger charge is -2.33. The van der Waals surface area contributed by atoms with E-state index in [0.29, 0.717) is 29.8 Å². The first-order valence-electron chi connectivity index (χ1n) is 12.4. The van der Waals surface area contributed by atoms with Crippen LogP contribution in [0.25, 0.3) is 11.1 Å². The average Bonchev–Trinajstić information content (AvgIpc) is 2.88. The summed E-state index contributed by atoms with van der Waals surface area (Å²) in [7, 11) is 0. The van der Waals surface area contributed by atoms with Crippen molar-refractivity contribution in [3.05, 3.63) is 66.5 Å². The van der Waals surface area contributed by atoms with Gasteiger partial charge in [0.05, 0.1) is 30.3 Å². The van der Waals surface area contributed by atoms with E-state index in [2.05, 4.69) is 39.8 Å². The lowest BCUT2D eigenvalue weighted by molar-refractivity contribution is -0.138. The molecule has 3 aromatic rings. The van der Waals surface area contributed by atoms with Crippen LogP contribution in [-0.2, 0) is 4.79 Å². The summed E-state index contributed by atoms with van der Waals surface area (Å²) in [6.45, 7) is 2.39. The smallest absolute Gasteiger partial charge is 0.326 e. The van der Waals surface area contributed by atoms with Gasteiger partial charge in [-0.25, -0.2) is 4.79 Å². The van der Waals surface area contributed by atoms with Crippen molar-refractivity contribution in [1.29, 1.82) is 0 Å². The minimum absolute atomic E-state index is 0.146. The zero-order chi connectivity index (χ0) is 25.1. The topological polar surface area (TPSA) is 105 Å². The lowest BCUT2D eigenvalue weighted by Crippen LogP contribution is -2.44. The second kappa shape index (κ2) is 10.4. The summed E-state index contributed by atoms with van der Waals surface area (Å²) in [4.78, 5) is 25.7. The maximum Gasteiger partial charge on any atom is 0.326 e. The van der Waals surface area contributed by atoms with Crippen LogP contribution in [0.15, 0.2) is 60.9 Å². The van der Waals surface area contributed by atoms with Gasteiger partial charge in [0.15, 0.2) is 0 Å². The molecule has 8 heteroatoms. The fraction of sp³-hybridized carbons (Fsp3) is 0.357. The van der Waals surface area contributed by atoms with Gasteiger partial charge in [-0.3, -0.25) is 9.69 Å². The number of hydrogen-bond acceptors (Lipinski definition) is 5. The fourth-order valence-corrected chi connectivity index (χ4v) is 5.26. The Hall–Kier alpha value is -3.94. The molecule has 0 spiro atoms. The molecule has 0 radical (unpaired) electrons. The number of benzene rings is 2. The van der Waals surface area contributed by atoms with Crippen LogP contribution >= 0.6 is 0 Å². The summed E-state index contributed by atoms with van der Waals surface area (Å²) in [5.41, 5.74) is 4.73. The van der Waals surface area contributed by atoms with E-state index in [1.807, 2.05) is 25.1 Å². The molecule has 2 amide bonds. The van der Waals surface area contributed by atoms with Crippen LogP contribution in [0.4, 0.5) is 16.2 Å². The quantitative estimate of drug-likeness (QED) is 0.479. The molecule has 2 aliphatic rings. The molecule has 2 heterocycles. The van der Waals surface area contributed by atoms with Crippen molar-refractivity contribution < 1.29 is 19.4 Å². The van der Waals surface area contributed by atoms with Gasteiger partial charge in [0, 0.05) is 6.42 Å². The first kappa shape index (κ1) is 23.8. The van der Waals surface area contributed by atoms with Crippen LogP contribution in [0, 0.1) is 5.92 Å². The number of aromatic nitrogens is 2. The summed E-state index contributed by atoms with van der Waals surface area (Å²) in [5, 5.41) is 19.5. The van der Waals surface area contributed by atoms with Crippen molar-refractivity contribution in [2.75, 3.05) is 16.8 Å². The van der Waals surface area contributed by atoms with Gasteiger partial charge >= 0.3 is 12.0 Å². The van der Waals surface area contributed by atoms with E-state index in [9.17, 15) is 9.59 Å².